The van der Waals surface area contributed by atoms with Gasteiger partial charge in [-0.2, -0.15) is 4.72 Å². The Morgan fingerprint density at radius 2 is 2.10 bits per heavy atom. The van der Waals surface area contributed by atoms with Crippen LogP contribution in [0.3, 0.4) is 0 Å². The molecule has 2 aromatic heterocycles. The van der Waals surface area contributed by atoms with E-state index < -0.39 is 16.1 Å². The Morgan fingerprint density at radius 1 is 1.43 bits per heavy atom. The van der Waals surface area contributed by atoms with Crippen molar-refractivity contribution in [2.45, 2.75) is 18.0 Å². The number of carbonyl (C=O) groups is 1. The molecule has 1 unspecified atom stereocenters. The zero-order valence-electron chi connectivity index (χ0n) is 11.7. The number of rotatable bonds is 4. The normalized spacial score (nSPS) is 13.3. The number of nitrogens with one attached hydrogen (secondary N) is 1. The number of fused-ring (bicyclic) bond motifs is 1. The van der Waals surface area contributed by atoms with E-state index in [4.69, 9.17) is 11.6 Å². The van der Waals surface area contributed by atoms with Gasteiger partial charge in [-0.1, -0.05) is 17.7 Å². The molecule has 0 aromatic carbocycles. The third kappa shape index (κ3) is 3.02. The Morgan fingerprint density at radius 3 is 2.71 bits per heavy atom. The SMILES string of the molecule is CC(NS(=O)(=O)c1c(Cl)nc2ccccn12)C(=O)N(C)C. The molecule has 114 valence electrons. The summed E-state index contributed by atoms with van der Waals surface area (Å²) in [6.07, 6.45) is 1.54. The molecule has 1 N–H and O–H groups in total. The first-order chi connectivity index (χ1) is 9.74. The molecule has 0 radical (unpaired) electrons. The van der Waals surface area contributed by atoms with E-state index in [9.17, 15) is 13.2 Å². The molecule has 9 heteroatoms. The number of aromatic nitrogens is 2. The van der Waals surface area contributed by atoms with Gasteiger partial charge in [-0.3, -0.25) is 9.20 Å². The second kappa shape index (κ2) is 5.63. The van der Waals surface area contributed by atoms with Crippen molar-refractivity contribution in [3.63, 3.8) is 0 Å². The summed E-state index contributed by atoms with van der Waals surface area (Å²) in [6, 6.07) is 4.12. The third-order valence-corrected chi connectivity index (χ3v) is 4.78. The maximum absolute atomic E-state index is 12.4. The smallest absolute Gasteiger partial charge is 0.260 e. The Labute approximate surface area is 127 Å². The van der Waals surface area contributed by atoms with E-state index in [1.807, 2.05) is 0 Å². The van der Waals surface area contributed by atoms with E-state index in [-0.39, 0.29) is 16.1 Å². The van der Waals surface area contributed by atoms with Crippen molar-refractivity contribution in [3.05, 3.63) is 29.5 Å². The first kappa shape index (κ1) is 15.7. The van der Waals surface area contributed by atoms with Gasteiger partial charge in [0, 0.05) is 20.3 Å². The molecule has 1 amide bonds. The molecule has 0 saturated heterocycles. The number of hydrogen-bond donors (Lipinski definition) is 1. The third-order valence-electron chi connectivity index (χ3n) is 2.84. The summed E-state index contributed by atoms with van der Waals surface area (Å²) in [7, 11) is -0.881. The lowest BCUT2D eigenvalue weighted by Gasteiger charge is -2.17. The fraction of sp³-hybridized carbons (Fsp3) is 0.333. The van der Waals surface area contributed by atoms with Crippen LogP contribution in [0.1, 0.15) is 6.92 Å². The van der Waals surface area contributed by atoms with E-state index in [1.54, 1.807) is 38.5 Å². The summed E-state index contributed by atoms with van der Waals surface area (Å²) < 4.78 is 28.5. The number of amides is 1. The summed E-state index contributed by atoms with van der Waals surface area (Å²) in [5, 5.41) is -0.323. The van der Waals surface area contributed by atoms with Gasteiger partial charge in [0.1, 0.15) is 5.65 Å². The predicted octanol–water partition coefficient (Wildman–Crippen LogP) is 0.743. The second-order valence-electron chi connectivity index (χ2n) is 4.71. The lowest BCUT2D eigenvalue weighted by atomic mass is 10.3. The molecule has 0 aliphatic carbocycles. The zero-order chi connectivity index (χ0) is 15.8. The van der Waals surface area contributed by atoms with Crippen molar-refractivity contribution in [1.82, 2.24) is 19.0 Å². The van der Waals surface area contributed by atoms with Gasteiger partial charge in [-0.25, -0.2) is 13.4 Å². The molecule has 21 heavy (non-hydrogen) atoms. The monoisotopic (exact) mass is 330 g/mol. The topological polar surface area (TPSA) is 83.8 Å². The number of carbonyl (C=O) groups excluding carboxylic acids is 1. The Balaban J connectivity index is 2.43. The lowest BCUT2D eigenvalue weighted by molar-refractivity contribution is -0.130. The highest BCUT2D eigenvalue weighted by Gasteiger charge is 2.28. The summed E-state index contributed by atoms with van der Waals surface area (Å²) in [5.74, 6) is -0.358. The van der Waals surface area contributed by atoms with Crippen molar-refractivity contribution in [3.8, 4) is 0 Å². The minimum atomic E-state index is -3.98. The molecule has 2 rings (SSSR count). The minimum absolute atomic E-state index is 0.141. The molecule has 1 atom stereocenters. The Kier molecular flexibility index (Phi) is 4.22. The number of halogens is 1. The molecule has 7 nitrogen and oxygen atoms in total. The van der Waals surface area contributed by atoms with Gasteiger partial charge >= 0.3 is 0 Å². The van der Waals surface area contributed by atoms with Crippen molar-refractivity contribution in [1.29, 1.82) is 0 Å². The van der Waals surface area contributed by atoms with Crippen LogP contribution >= 0.6 is 11.6 Å². The fourth-order valence-corrected chi connectivity index (χ4v) is 3.75. The molecule has 0 fully saturated rings. The Bertz CT molecular complexity index is 785. The highest BCUT2D eigenvalue weighted by molar-refractivity contribution is 7.89. The van der Waals surface area contributed by atoms with Crippen LogP contribution in [0, 0.1) is 0 Å². The average Bonchev–Trinajstić information content (AvgIpc) is 2.73. The number of nitrogens with zero attached hydrogens (tertiary/aromatic N) is 3. The molecule has 0 spiro atoms. The summed E-state index contributed by atoms with van der Waals surface area (Å²) in [5.41, 5.74) is 0.412. The second-order valence-corrected chi connectivity index (χ2v) is 6.70. The zero-order valence-corrected chi connectivity index (χ0v) is 13.3. The molecule has 0 saturated carbocycles. The number of hydrogen-bond acceptors (Lipinski definition) is 4. The van der Waals surface area contributed by atoms with Gasteiger partial charge in [-0.15, -0.1) is 0 Å². The predicted molar refractivity (Wildman–Crippen MR) is 78.7 cm³/mol. The van der Waals surface area contributed by atoms with Gasteiger partial charge in [-0.05, 0) is 19.1 Å². The van der Waals surface area contributed by atoms with E-state index in [0.29, 0.717) is 5.65 Å². The van der Waals surface area contributed by atoms with E-state index in [2.05, 4.69) is 9.71 Å². The van der Waals surface area contributed by atoms with E-state index in [1.165, 1.54) is 16.2 Å². The maximum atomic E-state index is 12.4. The van der Waals surface area contributed by atoms with Crippen molar-refractivity contribution >= 4 is 33.2 Å². The van der Waals surface area contributed by atoms with E-state index in [0.717, 1.165) is 0 Å². The van der Waals surface area contributed by atoms with Crippen molar-refractivity contribution in [2.75, 3.05) is 14.1 Å². The van der Waals surface area contributed by atoms with Gasteiger partial charge < -0.3 is 4.90 Å². The van der Waals surface area contributed by atoms with Crippen LogP contribution in [0.4, 0.5) is 0 Å². The average molecular weight is 331 g/mol. The van der Waals surface area contributed by atoms with Crippen molar-refractivity contribution < 1.29 is 13.2 Å². The van der Waals surface area contributed by atoms with Gasteiger partial charge in [0.25, 0.3) is 10.0 Å². The first-order valence-electron chi connectivity index (χ1n) is 6.10. The quantitative estimate of drug-likeness (QED) is 0.896. The maximum Gasteiger partial charge on any atom is 0.260 e. The molecule has 0 aliphatic heterocycles. The number of sulfonamides is 1. The van der Waals surface area contributed by atoms with Gasteiger partial charge in [0.05, 0.1) is 6.04 Å². The van der Waals surface area contributed by atoms with Crippen LogP contribution in [0.25, 0.3) is 5.65 Å². The minimum Gasteiger partial charge on any atom is -0.347 e. The molecule has 0 aliphatic rings. The van der Waals surface area contributed by atoms with Crippen LogP contribution in [0.15, 0.2) is 29.4 Å². The standard InChI is InChI=1S/C12H15ClN4O3S/c1-8(11(18)16(2)3)15-21(19,20)12-10(13)14-9-6-4-5-7-17(9)12/h4-8,15H,1-3H3. The van der Waals surface area contributed by atoms with Crippen LogP contribution in [-0.4, -0.2) is 48.7 Å². The van der Waals surface area contributed by atoms with Gasteiger partial charge in [0.2, 0.25) is 5.91 Å². The lowest BCUT2D eigenvalue weighted by Crippen LogP contribution is -2.44. The summed E-state index contributed by atoms with van der Waals surface area (Å²) >= 11 is 5.93. The number of pyridine rings is 1. The van der Waals surface area contributed by atoms with Crippen LogP contribution in [0.2, 0.25) is 5.15 Å². The fourth-order valence-electron chi connectivity index (χ4n) is 1.91. The molecular formula is C12H15ClN4O3S. The van der Waals surface area contributed by atoms with E-state index >= 15 is 0 Å². The van der Waals surface area contributed by atoms with Crippen LogP contribution in [0.5, 0.6) is 0 Å². The highest BCUT2D eigenvalue weighted by atomic mass is 35.5. The molecular weight excluding hydrogens is 316 g/mol. The number of likely N-dealkylation sites (N-methyl/N-ethyl adjacent to an activating group) is 1. The van der Waals surface area contributed by atoms with Crippen LogP contribution in [-0.2, 0) is 14.8 Å². The first-order valence-corrected chi connectivity index (χ1v) is 7.96. The highest BCUT2D eigenvalue weighted by Crippen LogP contribution is 2.22. The molecule has 2 aromatic rings. The number of imidazole rings is 1. The van der Waals surface area contributed by atoms with Crippen molar-refractivity contribution in [2.24, 2.45) is 0 Å². The molecule has 2 heterocycles. The summed E-state index contributed by atoms with van der Waals surface area (Å²) in [6.45, 7) is 1.47. The van der Waals surface area contributed by atoms with Crippen LogP contribution < -0.4 is 4.72 Å². The summed E-state index contributed by atoms with van der Waals surface area (Å²) in [4.78, 5) is 17.1. The largest absolute Gasteiger partial charge is 0.347 e. The molecule has 0 bridgehead atoms. The Hall–Kier alpha value is -1.64. The van der Waals surface area contributed by atoms with Gasteiger partial charge in [0.15, 0.2) is 10.2 Å².